The van der Waals surface area contributed by atoms with Crippen molar-refractivity contribution in [3.8, 4) is 0 Å². The zero-order valence-electron chi connectivity index (χ0n) is 14.0. The molecule has 27 heavy (non-hydrogen) atoms. The zero-order chi connectivity index (χ0) is 18.8. The van der Waals surface area contributed by atoms with Gasteiger partial charge in [-0.05, 0) is 48.0 Å². The minimum atomic E-state index is -0.0988. The fourth-order valence-corrected chi connectivity index (χ4v) is 4.59. The molecule has 0 fully saturated rings. The van der Waals surface area contributed by atoms with Gasteiger partial charge in [-0.25, -0.2) is 4.98 Å². The molecule has 0 bridgehead atoms. The predicted octanol–water partition coefficient (Wildman–Crippen LogP) is 6.06. The normalized spacial score (nSPS) is 10.9. The topological polar surface area (TPSA) is 46.1 Å². The minimum absolute atomic E-state index is 0.0988. The number of amides is 1. The molecule has 0 aliphatic heterocycles. The van der Waals surface area contributed by atoms with Gasteiger partial charge in [-0.1, -0.05) is 55.3 Å². The summed E-state index contributed by atoms with van der Waals surface area (Å²) < 4.78 is 2.88. The van der Waals surface area contributed by atoms with Crippen LogP contribution in [0.25, 0.3) is 10.2 Å². The molecule has 0 saturated heterocycles. The Morgan fingerprint density at radius 1 is 1.04 bits per heavy atom. The second-order valence-electron chi connectivity index (χ2n) is 5.87. The van der Waals surface area contributed by atoms with Crippen LogP contribution in [-0.4, -0.2) is 15.9 Å². The Bertz CT molecular complexity index is 1110. The van der Waals surface area contributed by atoms with Gasteiger partial charge in [0.05, 0.1) is 16.8 Å². The van der Waals surface area contributed by atoms with Gasteiger partial charge in [-0.3, -0.25) is 14.7 Å². The molecule has 0 aliphatic carbocycles. The first-order valence-electron chi connectivity index (χ1n) is 8.12. The number of anilines is 1. The molecule has 0 unspecified atom stereocenters. The number of rotatable bonds is 4. The van der Waals surface area contributed by atoms with Crippen molar-refractivity contribution in [3.63, 3.8) is 0 Å². The number of carbonyl (C=O) groups excluding carboxylic acids is 1. The average molecular weight is 503 g/mol. The molecule has 4 rings (SSSR count). The molecule has 0 spiro atoms. The van der Waals surface area contributed by atoms with Gasteiger partial charge >= 0.3 is 0 Å². The van der Waals surface area contributed by atoms with Gasteiger partial charge in [0.15, 0.2) is 5.13 Å². The van der Waals surface area contributed by atoms with E-state index in [4.69, 9.17) is 0 Å². The van der Waals surface area contributed by atoms with Crippen LogP contribution in [0.3, 0.4) is 0 Å². The Kier molecular flexibility index (Phi) is 5.33. The van der Waals surface area contributed by atoms with E-state index in [0.29, 0.717) is 17.2 Å². The number of thiazole rings is 1. The number of halogens is 2. The molecule has 2 aromatic heterocycles. The van der Waals surface area contributed by atoms with Crippen molar-refractivity contribution in [2.24, 2.45) is 0 Å². The molecule has 4 nitrogen and oxygen atoms in total. The number of fused-ring (bicyclic) bond motifs is 1. The second-order valence-corrected chi connectivity index (χ2v) is 8.71. The van der Waals surface area contributed by atoms with E-state index < -0.39 is 0 Å². The first-order valence-corrected chi connectivity index (χ1v) is 10.5. The highest BCUT2D eigenvalue weighted by atomic mass is 79.9. The number of nitrogens with zero attached hydrogens (tertiary/aromatic N) is 3. The third-order valence-corrected chi connectivity index (χ3v) is 5.98. The molecule has 0 atom stereocenters. The molecule has 0 radical (unpaired) electrons. The molecule has 2 heterocycles. The largest absolute Gasteiger partial charge is 0.279 e. The number of aromatic nitrogens is 2. The van der Waals surface area contributed by atoms with Gasteiger partial charge in [0.1, 0.15) is 0 Å². The highest BCUT2D eigenvalue weighted by Gasteiger charge is 2.22. The summed E-state index contributed by atoms with van der Waals surface area (Å²) in [6.07, 6.45) is 3.49. The highest BCUT2D eigenvalue weighted by Crippen LogP contribution is 2.32. The van der Waals surface area contributed by atoms with Gasteiger partial charge < -0.3 is 0 Å². The predicted molar refractivity (Wildman–Crippen MR) is 116 cm³/mol. The van der Waals surface area contributed by atoms with E-state index in [1.54, 1.807) is 17.3 Å². The van der Waals surface area contributed by atoms with Gasteiger partial charge in [0.2, 0.25) is 0 Å². The van der Waals surface area contributed by atoms with Gasteiger partial charge in [-0.15, -0.1) is 0 Å². The Hall–Kier alpha value is -2.09. The van der Waals surface area contributed by atoms with Gasteiger partial charge in [0, 0.05) is 26.9 Å². The van der Waals surface area contributed by atoms with E-state index in [-0.39, 0.29) is 5.91 Å². The van der Waals surface area contributed by atoms with E-state index in [1.165, 1.54) is 11.3 Å². The second kappa shape index (κ2) is 7.88. The van der Waals surface area contributed by atoms with E-state index in [1.807, 2.05) is 54.6 Å². The van der Waals surface area contributed by atoms with Crippen LogP contribution >= 0.6 is 43.2 Å². The van der Waals surface area contributed by atoms with Crippen molar-refractivity contribution >= 4 is 64.5 Å². The first kappa shape index (κ1) is 18.3. The van der Waals surface area contributed by atoms with Gasteiger partial charge in [-0.2, -0.15) is 0 Å². The lowest BCUT2D eigenvalue weighted by molar-refractivity contribution is 0.0985. The number of hydrogen-bond donors (Lipinski definition) is 0. The first-order chi connectivity index (χ1) is 13.1. The van der Waals surface area contributed by atoms with E-state index in [2.05, 4.69) is 41.8 Å². The number of benzene rings is 2. The van der Waals surface area contributed by atoms with Crippen LogP contribution in [0.4, 0.5) is 5.13 Å². The maximum atomic E-state index is 13.3. The van der Waals surface area contributed by atoms with Crippen LogP contribution < -0.4 is 4.90 Å². The van der Waals surface area contributed by atoms with E-state index >= 15 is 0 Å². The summed E-state index contributed by atoms with van der Waals surface area (Å²) in [6.45, 7) is 0.403. The Balaban J connectivity index is 1.77. The summed E-state index contributed by atoms with van der Waals surface area (Å²) in [6, 6.07) is 17.1. The maximum Gasteiger partial charge on any atom is 0.260 e. The van der Waals surface area contributed by atoms with Crippen molar-refractivity contribution in [2.45, 2.75) is 6.54 Å². The van der Waals surface area contributed by atoms with Crippen molar-refractivity contribution in [2.75, 3.05) is 4.90 Å². The maximum absolute atomic E-state index is 13.3. The summed E-state index contributed by atoms with van der Waals surface area (Å²) in [4.78, 5) is 23.8. The molecule has 0 aliphatic rings. The summed E-state index contributed by atoms with van der Waals surface area (Å²) in [5.74, 6) is -0.0988. The number of pyridine rings is 1. The molecular formula is C20H13Br2N3OS. The molecule has 0 saturated carbocycles. The standard InChI is InChI=1S/C20H13Br2N3OS/c21-15-5-1-4-14(9-15)19(26)25(12-13-3-2-8-23-11-13)20-24-17-7-6-16(22)10-18(17)27-20/h1-11H,12H2. The monoisotopic (exact) mass is 501 g/mol. The van der Waals surface area contributed by atoms with E-state index in [0.717, 1.165) is 24.7 Å². The van der Waals surface area contributed by atoms with Gasteiger partial charge in [0.25, 0.3) is 5.91 Å². The molecule has 0 N–H and O–H groups in total. The van der Waals surface area contributed by atoms with Crippen molar-refractivity contribution < 1.29 is 4.79 Å². The summed E-state index contributed by atoms with van der Waals surface area (Å²) in [7, 11) is 0. The average Bonchev–Trinajstić information content (AvgIpc) is 3.09. The molecule has 2 aromatic carbocycles. The number of carbonyl (C=O) groups is 1. The fourth-order valence-electron chi connectivity index (χ4n) is 2.68. The summed E-state index contributed by atoms with van der Waals surface area (Å²) in [5, 5.41) is 0.664. The smallest absolute Gasteiger partial charge is 0.260 e. The van der Waals surface area contributed by atoms with Crippen LogP contribution in [0, 0.1) is 0 Å². The molecule has 7 heteroatoms. The zero-order valence-corrected chi connectivity index (χ0v) is 18.0. The van der Waals surface area contributed by atoms with Crippen LogP contribution in [0.15, 0.2) is 75.9 Å². The summed E-state index contributed by atoms with van der Waals surface area (Å²) >= 11 is 8.43. The molecule has 1 amide bonds. The molecular weight excluding hydrogens is 490 g/mol. The molecule has 134 valence electrons. The fraction of sp³-hybridized carbons (Fsp3) is 0.0500. The Morgan fingerprint density at radius 2 is 1.89 bits per heavy atom. The highest BCUT2D eigenvalue weighted by molar-refractivity contribution is 9.10. The SMILES string of the molecule is O=C(c1cccc(Br)c1)N(Cc1cccnc1)c1nc2ccc(Br)cc2s1. The third-order valence-electron chi connectivity index (χ3n) is 3.95. The van der Waals surface area contributed by atoms with Crippen molar-refractivity contribution in [1.82, 2.24) is 9.97 Å². The quantitative estimate of drug-likeness (QED) is 0.340. The third kappa shape index (κ3) is 4.10. The number of hydrogen-bond acceptors (Lipinski definition) is 4. The van der Waals surface area contributed by atoms with E-state index in [9.17, 15) is 4.79 Å². The minimum Gasteiger partial charge on any atom is -0.279 e. The van der Waals surface area contributed by atoms with Crippen LogP contribution in [0.5, 0.6) is 0 Å². The lowest BCUT2D eigenvalue weighted by Gasteiger charge is -2.20. The van der Waals surface area contributed by atoms with Crippen LogP contribution in [0.1, 0.15) is 15.9 Å². The Labute approximate surface area is 177 Å². The summed E-state index contributed by atoms with van der Waals surface area (Å²) in [5.41, 5.74) is 2.42. The molecule has 4 aromatic rings. The lowest BCUT2D eigenvalue weighted by Crippen LogP contribution is -2.30. The van der Waals surface area contributed by atoms with Crippen LogP contribution in [0.2, 0.25) is 0 Å². The van der Waals surface area contributed by atoms with Crippen molar-refractivity contribution in [3.05, 3.63) is 87.1 Å². The lowest BCUT2D eigenvalue weighted by atomic mass is 10.2. The Morgan fingerprint density at radius 3 is 2.67 bits per heavy atom. The van der Waals surface area contributed by atoms with Crippen LogP contribution in [-0.2, 0) is 6.54 Å². The van der Waals surface area contributed by atoms with Crippen molar-refractivity contribution in [1.29, 1.82) is 0 Å².